The summed E-state index contributed by atoms with van der Waals surface area (Å²) in [5.74, 6) is 1.47. The Kier molecular flexibility index (Phi) is 8.26. The van der Waals surface area contributed by atoms with Gasteiger partial charge in [0.15, 0.2) is 17.0 Å². The van der Waals surface area contributed by atoms with Crippen LogP contribution >= 0.6 is 0 Å². The number of rotatable bonds is 12. The molecule has 0 saturated carbocycles. The Labute approximate surface area is 219 Å². The van der Waals surface area contributed by atoms with E-state index in [0.29, 0.717) is 106 Å². The summed E-state index contributed by atoms with van der Waals surface area (Å²) in [5.41, 5.74) is 3.13. The van der Waals surface area contributed by atoms with Crippen LogP contribution in [-0.4, -0.2) is 95.3 Å². The van der Waals surface area contributed by atoms with Crippen LogP contribution in [0, 0.1) is 0 Å². The summed E-state index contributed by atoms with van der Waals surface area (Å²) in [6, 6.07) is 5.40. The molecule has 13 nitrogen and oxygen atoms in total. The number of benzene rings is 1. The Hall–Kier alpha value is -3.81. The van der Waals surface area contributed by atoms with Crippen LogP contribution in [0.15, 0.2) is 24.5 Å². The van der Waals surface area contributed by atoms with Gasteiger partial charge in [0.2, 0.25) is 5.95 Å². The van der Waals surface area contributed by atoms with Gasteiger partial charge in [0.25, 0.3) is 0 Å². The molecule has 1 aliphatic heterocycles. The van der Waals surface area contributed by atoms with Gasteiger partial charge in [-0.3, -0.25) is 0 Å². The average Bonchev–Trinajstić information content (AvgIpc) is 3.56. The highest BCUT2D eigenvalue weighted by Crippen LogP contribution is 2.24. The molecule has 4 aromatic rings. The number of carbonyl (C=O) groups excluding carboxylic acids is 1. The number of H-pyrrole nitrogens is 1. The molecule has 2 N–H and O–H groups in total. The highest BCUT2D eigenvalue weighted by Gasteiger charge is 2.20. The normalized spacial score (nSPS) is 13.9. The molecule has 1 aromatic carbocycles. The van der Waals surface area contributed by atoms with Crippen LogP contribution < -0.4 is 10.2 Å². The number of esters is 1. The van der Waals surface area contributed by atoms with E-state index >= 15 is 0 Å². The van der Waals surface area contributed by atoms with Crippen molar-refractivity contribution in [3.63, 3.8) is 0 Å². The van der Waals surface area contributed by atoms with E-state index in [9.17, 15) is 4.79 Å². The predicted molar refractivity (Wildman–Crippen MR) is 140 cm³/mol. The number of nitrogens with one attached hydrogen (secondary N) is 2. The molecular formula is C25H32N8O5. The number of aromatic amines is 1. The molecule has 0 amide bonds. The molecule has 3 aromatic heterocycles. The van der Waals surface area contributed by atoms with Gasteiger partial charge in [-0.1, -0.05) is 6.07 Å². The molecule has 0 radical (unpaired) electrons. The fraction of sp³-hybridized carbons (Fsp3) is 0.480. The van der Waals surface area contributed by atoms with E-state index in [1.165, 1.54) is 0 Å². The number of nitrogens with zero attached hydrogens (tertiary/aromatic N) is 6. The number of fused-ring (bicyclic) bond motifs is 2. The maximum Gasteiger partial charge on any atom is 0.340 e. The molecule has 0 atom stereocenters. The molecular weight excluding hydrogens is 492 g/mol. The van der Waals surface area contributed by atoms with Crippen molar-refractivity contribution < 1.29 is 23.7 Å². The zero-order valence-corrected chi connectivity index (χ0v) is 21.6. The topological polar surface area (TPSA) is 142 Å². The molecule has 13 heteroatoms. The van der Waals surface area contributed by atoms with Gasteiger partial charge in [0, 0.05) is 26.7 Å². The van der Waals surface area contributed by atoms with Crippen LogP contribution in [0.3, 0.4) is 0 Å². The van der Waals surface area contributed by atoms with Crippen LogP contribution in [0.4, 0.5) is 11.8 Å². The van der Waals surface area contributed by atoms with E-state index in [1.807, 2.05) is 10.6 Å². The zero-order chi connectivity index (χ0) is 26.3. The van der Waals surface area contributed by atoms with Crippen molar-refractivity contribution in [2.24, 2.45) is 0 Å². The number of hydrogen-bond acceptors (Lipinski definition) is 11. The highest BCUT2D eigenvalue weighted by atomic mass is 16.5. The molecule has 0 spiro atoms. The molecule has 1 fully saturated rings. The first-order valence-electron chi connectivity index (χ1n) is 12.7. The van der Waals surface area contributed by atoms with Gasteiger partial charge in [-0.2, -0.15) is 9.97 Å². The van der Waals surface area contributed by atoms with Crippen molar-refractivity contribution in [2.45, 2.75) is 20.0 Å². The number of carbonyl (C=O) groups is 1. The molecule has 0 bridgehead atoms. The van der Waals surface area contributed by atoms with Crippen molar-refractivity contribution in [1.29, 1.82) is 0 Å². The molecule has 1 aliphatic rings. The van der Waals surface area contributed by atoms with Crippen LogP contribution in [0.25, 0.3) is 22.2 Å². The second kappa shape index (κ2) is 12.2. The molecule has 4 heterocycles. The summed E-state index contributed by atoms with van der Waals surface area (Å²) in [4.78, 5) is 36.6. The smallest absolute Gasteiger partial charge is 0.340 e. The standard InChI is InChI=1S/C25H32N8O5/c1-3-38-24(34)17-5-4-6-18-20(17)29-19(28-18)15-26-22-21-23(31-25(30-22)32-7-10-36-11-8-32)33(16-27-21)9-12-37-14-13-35-2/h4-6,16H,3,7-15H2,1-2H3,(H,28,29)(H,26,30,31). The number of imidazole rings is 2. The number of morpholine rings is 1. The van der Waals surface area contributed by atoms with Gasteiger partial charge in [-0.05, 0) is 19.1 Å². The lowest BCUT2D eigenvalue weighted by atomic mass is 10.2. The molecule has 0 unspecified atom stereocenters. The largest absolute Gasteiger partial charge is 0.462 e. The van der Waals surface area contributed by atoms with E-state index in [2.05, 4.69) is 25.2 Å². The number of para-hydroxylation sites is 1. The summed E-state index contributed by atoms with van der Waals surface area (Å²) in [6.45, 7) is 7.27. The predicted octanol–water partition coefficient (Wildman–Crippen LogP) is 1.99. The second-order valence-electron chi connectivity index (χ2n) is 8.65. The third kappa shape index (κ3) is 5.69. The van der Waals surface area contributed by atoms with Gasteiger partial charge < -0.3 is 38.7 Å². The van der Waals surface area contributed by atoms with E-state index in [0.717, 1.165) is 5.52 Å². The summed E-state index contributed by atoms with van der Waals surface area (Å²) >= 11 is 0. The van der Waals surface area contributed by atoms with Gasteiger partial charge >= 0.3 is 5.97 Å². The third-order valence-electron chi connectivity index (χ3n) is 6.13. The van der Waals surface area contributed by atoms with Crippen molar-refractivity contribution in [3.8, 4) is 0 Å². The fourth-order valence-electron chi connectivity index (χ4n) is 4.24. The van der Waals surface area contributed by atoms with Crippen LogP contribution in [-0.2, 0) is 32.0 Å². The minimum absolute atomic E-state index is 0.301. The molecule has 1 saturated heterocycles. The lowest BCUT2D eigenvalue weighted by molar-refractivity contribution is 0.0528. The van der Waals surface area contributed by atoms with E-state index in [1.54, 1.807) is 32.5 Å². The zero-order valence-electron chi connectivity index (χ0n) is 21.6. The van der Waals surface area contributed by atoms with Crippen LogP contribution in [0.1, 0.15) is 23.1 Å². The maximum absolute atomic E-state index is 12.4. The first-order valence-corrected chi connectivity index (χ1v) is 12.7. The van der Waals surface area contributed by atoms with Gasteiger partial charge in [-0.15, -0.1) is 0 Å². The summed E-state index contributed by atoms with van der Waals surface area (Å²) in [6.07, 6.45) is 1.75. The van der Waals surface area contributed by atoms with E-state index < -0.39 is 5.97 Å². The molecule has 5 rings (SSSR count). The highest BCUT2D eigenvalue weighted by molar-refractivity contribution is 6.02. The minimum atomic E-state index is -0.395. The Bertz CT molecular complexity index is 1380. The van der Waals surface area contributed by atoms with Crippen LogP contribution in [0.2, 0.25) is 0 Å². The fourth-order valence-corrected chi connectivity index (χ4v) is 4.24. The summed E-state index contributed by atoms with van der Waals surface area (Å²) in [7, 11) is 1.65. The first kappa shape index (κ1) is 25.8. The van der Waals surface area contributed by atoms with E-state index in [-0.39, 0.29) is 0 Å². The monoisotopic (exact) mass is 524 g/mol. The first-order chi connectivity index (χ1) is 18.7. The number of ether oxygens (including phenoxy) is 4. The molecule has 202 valence electrons. The average molecular weight is 525 g/mol. The van der Waals surface area contributed by atoms with Crippen molar-refractivity contribution in [2.75, 3.05) is 70.1 Å². The van der Waals surface area contributed by atoms with Crippen molar-refractivity contribution in [3.05, 3.63) is 35.9 Å². The Morgan fingerprint density at radius 2 is 2.00 bits per heavy atom. The van der Waals surface area contributed by atoms with Crippen molar-refractivity contribution >= 4 is 39.9 Å². The second-order valence-corrected chi connectivity index (χ2v) is 8.65. The number of methoxy groups -OCH3 is 1. The Balaban J connectivity index is 1.40. The summed E-state index contributed by atoms with van der Waals surface area (Å²) in [5, 5.41) is 3.37. The summed E-state index contributed by atoms with van der Waals surface area (Å²) < 4.78 is 23.3. The number of aromatic nitrogens is 6. The lowest BCUT2D eigenvalue weighted by Gasteiger charge is -2.27. The van der Waals surface area contributed by atoms with Crippen LogP contribution in [0.5, 0.6) is 0 Å². The maximum atomic E-state index is 12.4. The molecule has 0 aliphatic carbocycles. The minimum Gasteiger partial charge on any atom is -0.462 e. The van der Waals surface area contributed by atoms with Crippen molar-refractivity contribution in [1.82, 2.24) is 29.5 Å². The molecule has 38 heavy (non-hydrogen) atoms. The number of anilines is 2. The number of hydrogen-bond donors (Lipinski definition) is 2. The Morgan fingerprint density at radius 1 is 1.13 bits per heavy atom. The third-order valence-corrected chi connectivity index (χ3v) is 6.13. The SMILES string of the molecule is CCOC(=O)c1cccc2[nH]c(CNc3nc(N4CCOCC4)nc4c3ncn4CCOCCOC)nc12. The van der Waals surface area contributed by atoms with Gasteiger partial charge in [0.05, 0.1) is 63.6 Å². The Morgan fingerprint density at radius 3 is 2.82 bits per heavy atom. The van der Waals surface area contributed by atoms with Gasteiger partial charge in [-0.25, -0.2) is 14.8 Å². The van der Waals surface area contributed by atoms with E-state index in [4.69, 9.17) is 28.9 Å². The lowest BCUT2D eigenvalue weighted by Crippen LogP contribution is -2.37. The van der Waals surface area contributed by atoms with Gasteiger partial charge in [0.1, 0.15) is 11.3 Å². The quantitative estimate of drug-likeness (QED) is 0.208.